The molecule has 0 fully saturated rings. The van der Waals surface area contributed by atoms with Crippen molar-refractivity contribution in [3.63, 3.8) is 0 Å². The van der Waals surface area contributed by atoms with Gasteiger partial charge in [0.15, 0.2) is 12.3 Å². The van der Waals surface area contributed by atoms with E-state index in [0.717, 1.165) is 57.0 Å². The molecule has 12 heteroatoms. The van der Waals surface area contributed by atoms with Crippen LogP contribution in [0, 0.1) is 0 Å². The topological polar surface area (TPSA) is 130 Å². The molecule has 4 aromatic carbocycles. The molecule has 0 amide bonds. The summed E-state index contributed by atoms with van der Waals surface area (Å²) >= 11 is 0. The van der Waals surface area contributed by atoms with Crippen LogP contribution in [-0.2, 0) is 33.3 Å². The third kappa shape index (κ3) is 10.4. The summed E-state index contributed by atoms with van der Waals surface area (Å²) in [6, 6.07) is 29.1. The molecule has 0 heterocycles. The van der Waals surface area contributed by atoms with Gasteiger partial charge < -0.3 is 14.8 Å². The molecular formula is C39H41N3NaO6S2+. The van der Waals surface area contributed by atoms with Gasteiger partial charge in [0, 0.05) is 48.7 Å². The van der Waals surface area contributed by atoms with Gasteiger partial charge in [0.2, 0.25) is 0 Å². The second-order valence-electron chi connectivity index (χ2n) is 11.8. The molecule has 0 saturated heterocycles. The second-order valence-corrected chi connectivity index (χ2v) is 14.6. The summed E-state index contributed by atoms with van der Waals surface area (Å²) in [5, 5.41) is 3.35. The molecule has 0 saturated carbocycles. The van der Waals surface area contributed by atoms with Crippen LogP contribution in [-0.4, -0.2) is 55.9 Å². The van der Waals surface area contributed by atoms with Crippen molar-refractivity contribution in [1.29, 1.82) is 0 Å². The third-order valence-corrected chi connectivity index (χ3v) is 10.2. The van der Waals surface area contributed by atoms with Crippen molar-refractivity contribution in [3.8, 4) is 0 Å². The van der Waals surface area contributed by atoms with Crippen molar-refractivity contribution in [1.82, 2.24) is 0 Å². The van der Waals surface area contributed by atoms with Gasteiger partial charge in [-0.2, -0.15) is 8.42 Å². The fourth-order valence-electron chi connectivity index (χ4n) is 5.95. The summed E-state index contributed by atoms with van der Waals surface area (Å²) in [5.74, 6) is 0. The van der Waals surface area contributed by atoms with E-state index in [9.17, 15) is 25.9 Å². The Morgan fingerprint density at radius 1 is 0.765 bits per heavy atom. The molecule has 0 spiro atoms. The fourth-order valence-corrected chi connectivity index (χ4v) is 7.04. The van der Waals surface area contributed by atoms with Crippen molar-refractivity contribution in [2.75, 3.05) is 29.9 Å². The summed E-state index contributed by atoms with van der Waals surface area (Å²) in [7, 11) is -8.84. The van der Waals surface area contributed by atoms with Gasteiger partial charge >= 0.3 is 29.6 Å². The van der Waals surface area contributed by atoms with Crippen molar-refractivity contribution in [2.24, 2.45) is 0 Å². The van der Waals surface area contributed by atoms with E-state index in [1.165, 1.54) is 24.3 Å². The number of rotatable bonds is 13. The molecule has 2 N–H and O–H groups in total. The number of nitrogens with one attached hydrogen (secondary N) is 1. The Bertz CT molecular complexity index is 2180. The monoisotopic (exact) mass is 734 g/mol. The number of hydrogen-bond acceptors (Lipinski definition) is 7. The molecule has 9 nitrogen and oxygen atoms in total. The smallest absolute Gasteiger partial charge is 0.744 e. The maximum Gasteiger partial charge on any atom is 1.00 e. The Kier molecular flexibility index (Phi) is 13.8. The summed E-state index contributed by atoms with van der Waals surface area (Å²) in [6.07, 6.45) is 8.29. The van der Waals surface area contributed by atoms with Gasteiger partial charge in [-0.05, 0) is 109 Å². The van der Waals surface area contributed by atoms with Crippen molar-refractivity contribution in [3.05, 3.63) is 149 Å². The Labute approximate surface area is 323 Å². The number of allylic oxidation sites excluding steroid dienone is 5. The molecule has 0 bridgehead atoms. The van der Waals surface area contributed by atoms with Crippen LogP contribution in [0.2, 0.25) is 0 Å². The first-order valence-corrected chi connectivity index (χ1v) is 19.3. The molecule has 51 heavy (non-hydrogen) atoms. The van der Waals surface area contributed by atoms with E-state index in [1.807, 2.05) is 38.1 Å². The maximum atomic E-state index is 11.7. The van der Waals surface area contributed by atoms with Crippen molar-refractivity contribution in [2.45, 2.75) is 43.7 Å². The van der Waals surface area contributed by atoms with E-state index >= 15 is 0 Å². The average molecular weight is 735 g/mol. The zero-order chi connectivity index (χ0) is 35.9. The molecule has 5 rings (SSSR count). The molecule has 0 radical (unpaired) electrons. The second kappa shape index (κ2) is 17.6. The minimum atomic E-state index is -4.54. The Hall–Kier alpha value is -3.81. The van der Waals surface area contributed by atoms with Crippen LogP contribution in [0.5, 0.6) is 0 Å². The Morgan fingerprint density at radius 2 is 1.33 bits per heavy atom. The minimum Gasteiger partial charge on any atom is -0.744 e. The molecule has 1 aliphatic carbocycles. The minimum absolute atomic E-state index is 0. The van der Waals surface area contributed by atoms with Crippen molar-refractivity contribution >= 4 is 42.9 Å². The van der Waals surface area contributed by atoms with Gasteiger partial charge in [-0.3, -0.25) is 4.55 Å². The maximum absolute atomic E-state index is 11.7. The summed E-state index contributed by atoms with van der Waals surface area (Å²) < 4.78 is 69.7. The normalized spacial score (nSPS) is 12.7. The average Bonchev–Trinajstić information content (AvgIpc) is 3.11. The van der Waals surface area contributed by atoms with Gasteiger partial charge in [-0.15, -0.1) is 0 Å². The molecule has 1 aliphatic rings. The van der Waals surface area contributed by atoms with Gasteiger partial charge in [-0.25, -0.2) is 13.0 Å². The largest absolute Gasteiger partial charge is 1.00 e. The zero-order valence-corrected chi connectivity index (χ0v) is 32.9. The van der Waals surface area contributed by atoms with E-state index in [-0.39, 0.29) is 39.3 Å². The predicted octanol–water partition coefficient (Wildman–Crippen LogP) is 3.90. The first-order valence-electron chi connectivity index (χ1n) is 16.4. The van der Waals surface area contributed by atoms with E-state index in [4.69, 9.17) is 0 Å². The number of benzene rings is 4. The Balaban J connectivity index is 0.00000583. The molecule has 4 aromatic rings. The molecule has 0 aromatic heterocycles. The van der Waals surface area contributed by atoms with Crippen LogP contribution in [0.25, 0.3) is 5.57 Å². The molecule has 0 unspecified atom stereocenters. The first kappa shape index (κ1) is 40.0. The predicted molar refractivity (Wildman–Crippen MR) is 198 cm³/mol. The first-order chi connectivity index (χ1) is 23.9. The number of hydrogen-bond donors (Lipinski definition) is 2. The number of anilines is 2. The van der Waals surface area contributed by atoms with Gasteiger partial charge in [-0.1, -0.05) is 48.5 Å². The van der Waals surface area contributed by atoms with Crippen LogP contribution in [0.1, 0.15) is 43.0 Å². The van der Waals surface area contributed by atoms with Gasteiger partial charge in [0.25, 0.3) is 10.1 Å². The summed E-state index contributed by atoms with van der Waals surface area (Å²) in [5.41, 5.74) is 8.59. The summed E-state index contributed by atoms with van der Waals surface area (Å²) in [4.78, 5) is 1.75. The quantitative estimate of drug-likeness (QED) is 0.120. The van der Waals surface area contributed by atoms with E-state index in [1.54, 1.807) is 12.1 Å². The van der Waals surface area contributed by atoms with Gasteiger partial charge in [0.05, 0.1) is 9.79 Å². The fraction of sp³-hybridized carbons (Fsp3) is 0.205. The molecule has 260 valence electrons. The Morgan fingerprint density at radius 3 is 1.88 bits per heavy atom. The van der Waals surface area contributed by atoms with E-state index < -0.39 is 20.2 Å². The van der Waals surface area contributed by atoms with Gasteiger partial charge in [0.1, 0.15) is 16.7 Å². The number of nitrogens with zero attached hydrogens (tertiary/aromatic N) is 2. The van der Waals surface area contributed by atoms with Crippen LogP contribution < -0.4 is 39.8 Å². The SMILES string of the molecule is CCNc1ccc(C(=C2C=CC(=[N+](CC)Cc3cccc(S(=O)(=O)O)c3)C=C2)c2ccc(N(CC)Cc3cccc(S(=O)(=O)[O-])c3)cc2)cc1.[Na+]. The van der Waals surface area contributed by atoms with E-state index in [0.29, 0.717) is 26.2 Å². The molecule has 0 aliphatic heterocycles. The zero-order valence-electron chi connectivity index (χ0n) is 29.3. The van der Waals surface area contributed by atoms with Crippen LogP contribution >= 0.6 is 0 Å². The third-order valence-electron chi connectivity index (χ3n) is 8.49. The summed E-state index contributed by atoms with van der Waals surface area (Å²) in [6.45, 7) is 9.20. The van der Waals surface area contributed by atoms with Crippen LogP contribution in [0.15, 0.2) is 137 Å². The van der Waals surface area contributed by atoms with Crippen LogP contribution in [0.3, 0.4) is 0 Å². The van der Waals surface area contributed by atoms with Crippen molar-refractivity contribution < 1.29 is 60.1 Å². The molecule has 0 atom stereocenters. The van der Waals surface area contributed by atoms with E-state index in [2.05, 4.69) is 82.4 Å². The van der Waals surface area contributed by atoms with Crippen LogP contribution in [0.4, 0.5) is 11.4 Å². The molecular weight excluding hydrogens is 694 g/mol. The standard InChI is InChI=1S/C39H41N3O6S2.Na/c1-4-40-34-19-13-31(14-20-34)39(32-15-21-35(22-16-32)41(5-2)27-29-9-7-11-37(25-29)49(43,44)45)33-17-23-36(24-18-33)42(6-3)28-30-10-8-12-38(26-30)50(46,47)48;/h7-26H,4-6,27-28H2,1-3H3,(H2,43,44,45,46,47,48);/q;+1.